The molecule has 1 saturated heterocycles. The first kappa shape index (κ1) is 29.4. The molecule has 9 rings (SSSR count). The van der Waals surface area contributed by atoms with E-state index in [1.54, 1.807) is 17.8 Å². The molecule has 8 nitrogen and oxygen atoms in total. The lowest BCUT2D eigenvalue weighted by Gasteiger charge is -2.43. The predicted molar refractivity (Wildman–Crippen MR) is 182 cm³/mol. The number of aromatic amines is 1. The minimum Gasteiger partial charge on any atom is -0.484 e. The molecule has 2 saturated carbocycles. The van der Waals surface area contributed by atoms with E-state index in [4.69, 9.17) is 4.74 Å². The van der Waals surface area contributed by atoms with Crippen LogP contribution >= 0.6 is 23.1 Å². The molecule has 4 aromatic carbocycles. The van der Waals surface area contributed by atoms with Crippen LogP contribution < -0.4 is 19.8 Å². The van der Waals surface area contributed by atoms with Crippen LogP contribution in [0, 0.1) is 35.4 Å². The highest BCUT2D eigenvalue weighted by Gasteiger charge is 2.69. The van der Waals surface area contributed by atoms with E-state index in [0.29, 0.717) is 17.1 Å². The van der Waals surface area contributed by atoms with Gasteiger partial charge in [-0.1, -0.05) is 53.8 Å². The Morgan fingerprint density at radius 1 is 0.896 bits per heavy atom. The van der Waals surface area contributed by atoms with Crippen LogP contribution in [0.3, 0.4) is 0 Å². The lowest BCUT2D eigenvalue weighted by atomic mass is 9.68. The topological polar surface area (TPSA) is 109 Å². The lowest BCUT2D eigenvalue weighted by molar-refractivity contribution is -0.123. The number of carbonyl (C=O) groups is 3. The number of aromatic nitrogens is 1. The van der Waals surface area contributed by atoms with Crippen LogP contribution in [0.15, 0.2) is 101 Å². The average molecular weight is 678 g/mol. The Hall–Kier alpha value is -4.74. The van der Waals surface area contributed by atoms with Crippen LogP contribution in [0.1, 0.15) is 22.8 Å². The van der Waals surface area contributed by atoms with Crippen LogP contribution in [0.4, 0.5) is 15.8 Å². The normalized spacial score (nSPS) is 26.8. The molecule has 5 aromatic rings. The second-order valence-corrected chi connectivity index (χ2v) is 15.1. The van der Waals surface area contributed by atoms with Crippen LogP contribution in [0.5, 0.6) is 5.75 Å². The summed E-state index contributed by atoms with van der Waals surface area (Å²) in [6.45, 7) is -0.185. The summed E-state index contributed by atoms with van der Waals surface area (Å²) in [6, 6.07) is 26.8. The summed E-state index contributed by atoms with van der Waals surface area (Å²) in [5.74, 6) is -1.82. The standard InChI is InChI=1S/C37H28FN3O5S2/c38-21-9-12-23(13-10-21)41-35(43)30-25-16-26(31(30)36(41)44)32-29(25)28(33-34(47-32)40-37(45)48-33)20-6-3-7-24(15-20)46-17-27(42)39-22-11-8-18-4-1-2-5-19(18)14-22/h1-15,25-26,28-32H,16-17H2,(H,39,42)(H,40,45)/t25-,26-,28+,29-,30+,31+,32-/m1/s1. The molecular formula is C37H28FN3O5S2. The van der Waals surface area contributed by atoms with Crippen molar-refractivity contribution in [1.82, 2.24) is 4.98 Å². The van der Waals surface area contributed by atoms with E-state index in [0.717, 1.165) is 32.7 Å². The van der Waals surface area contributed by atoms with Crippen molar-refractivity contribution in [3.63, 3.8) is 0 Å². The molecule has 2 aliphatic heterocycles. The van der Waals surface area contributed by atoms with Crippen molar-refractivity contribution in [1.29, 1.82) is 0 Å². The Morgan fingerprint density at radius 3 is 2.48 bits per heavy atom. The maximum atomic E-state index is 13.9. The SMILES string of the molecule is O=C(COc1cccc([C@@H]2c3sc(=O)[nH]c3S[C@@H]3[C@@H]4C[C@@H]([C@@H]5C(=O)N(c6ccc(F)cc6)C(=O)[C@@H]45)[C@H]23)c1)Nc1ccc2ccccc2c1. The van der Waals surface area contributed by atoms with E-state index in [-0.39, 0.29) is 58.1 Å². The number of thiazole rings is 1. The first-order valence-electron chi connectivity index (χ1n) is 15.9. The Balaban J connectivity index is 0.987. The number of thioether (sulfide) groups is 1. The maximum absolute atomic E-state index is 13.9. The summed E-state index contributed by atoms with van der Waals surface area (Å²) in [5.41, 5.74) is 2.01. The molecule has 0 spiro atoms. The largest absolute Gasteiger partial charge is 0.484 e. The van der Waals surface area contributed by atoms with E-state index < -0.39 is 17.7 Å². The Bertz CT molecular complexity index is 2200. The van der Waals surface area contributed by atoms with E-state index in [1.807, 2.05) is 60.7 Å². The first-order chi connectivity index (χ1) is 23.3. The van der Waals surface area contributed by atoms with Gasteiger partial charge < -0.3 is 15.0 Å². The highest BCUT2D eigenvalue weighted by Crippen LogP contribution is 2.68. The molecule has 2 aliphatic carbocycles. The minimum absolute atomic E-state index is 0.0107. The molecule has 2 bridgehead atoms. The van der Waals surface area contributed by atoms with Crippen LogP contribution in [-0.2, 0) is 14.4 Å². The molecule has 0 unspecified atom stereocenters. The molecule has 2 N–H and O–H groups in total. The van der Waals surface area contributed by atoms with Crippen molar-refractivity contribution in [2.45, 2.75) is 22.6 Å². The number of H-pyrrole nitrogens is 1. The van der Waals surface area contributed by atoms with Crippen LogP contribution in [-0.4, -0.2) is 34.6 Å². The summed E-state index contributed by atoms with van der Waals surface area (Å²) in [4.78, 5) is 58.3. The van der Waals surface area contributed by atoms with Gasteiger partial charge in [-0.2, -0.15) is 0 Å². The fourth-order valence-electron chi connectivity index (χ4n) is 8.65. The number of fused-ring (bicyclic) bond motifs is 10. The molecule has 3 fully saturated rings. The van der Waals surface area contributed by atoms with Gasteiger partial charge in [0.25, 0.3) is 5.91 Å². The number of anilines is 2. The molecule has 7 atom stereocenters. The van der Waals surface area contributed by atoms with Gasteiger partial charge in [-0.05, 0) is 89.0 Å². The number of nitrogens with one attached hydrogen (secondary N) is 2. The zero-order valence-corrected chi connectivity index (χ0v) is 26.9. The molecule has 48 heavy (non-hydrogen) atoms. The number of halogens is 1. The number of benzene rings is 4. The van der Waals surface area contributed by atoms with Crippen molar-refractivity contribution in [2.75, 3.05) is 16.8 Å². The third-order valence-electron chi connectivity index (χ3n) is 10.4. The van der Waals surface area contributed by atoms with Crippen molar-refractivity contribution in [3.05, 3.63) is 117 Å². The predicted octanol–water partition coefficient (Wildman–Crippen LogP) is 6.42. The van der Waals surface area contributed by atoms with Gasteiger partial charge >= 0.3 is 4.87 Å². The highest BCUT2D eigenvalue weighted by atomic mass is 32.2. The number of hydrogen-bond acceptors (Lipinski definition) is 7. The van der Waals surface area contributed by atoms with Gasteiger partial charge in [0.05, 0.1) is 22.5 Å². The van der Waals surface area contributed by atoms with Gasteiger partial charge in [0.2, 0.25) is 11.8 Å². The quantitative estimate of drug-likeness (QED) is 0.201. The third-order valence-corrected chi connectivity index (χ3v) is 13.0. The minimum atomic E-state index is -0.465. The van der Waals surface area contributed by atoms with Gasteiger partial charge in [-0.3, -0.25) is 24.1 Å². The van der Waals surface area contributed by atoms with E-state index in [2.05, 4.69) is 10.3 Å². The molecule has 1 aromatic heterocycles. The van der Waals surface area contributed by atoms with Gasteiger partial charge in [0.1, 0.15) is 11.6 Å². The van der Waals surface area contributed by atoms with Crippen molar-refractivity contribution < 1.29 is 23.5 Å². The molecule has 240 valence electrons. The van der Waals surface area contributed by atoms with Crippen molar-refractivity contribution in [3.8, 4) is 5.75 Å². The number of nitrogens with zero attached hydrogens (tertiary/aromatic N) is 1. The number of carbonyl (C=O) groups excluding carboxylic acids is 3. The number of amides is 3. The Labute approximate surface area is 282 Å². The second-order valence-electron chi connectivity index (χ2n) is 12.9. The Kier molecular flexibility index (Phi) is 6.84. The average Bonchev–Trinajstić information content (AvgIpc) is 3.83. The van der Waals surface area contributed by atoms with Gasteiger partial charge in [-0.25, -0.2) is 4.39 Å². The van der Waals surface area contributed by atoms with Gasteiger partial charge in [0.15, 0.2) is 6.61 Å². The summed E-state index contributed by atoms with van der Waals surface area (Å²) < 4.78 is 19.7. The monoisotopic (exact) mass is 677 g/mol. The molecule has 11 heteroatoms. The van der Waals surface area contributed by atoms with Crippen molar-refractivity contribution >= 4 is 63.0 Å². The van der Waals surface area contributed by atoms with Crippen LogP contribution in [0.2, 0.25) is 0 Å². The summed E-state index contributed by atoms with van der Waals surface area (Å²) >= 11 is 2.81. The zero-order valence-electron chi connectivity index (χ0n) is 25.3. The lowest BCUT2D eigenvalue weighted by Crippen LogP contribution is -2.42. The Morgan fingerprint density at radius 2 is 1.67 bits per heavy atom. The first-order valence-corrected chi connectivity index (χ1v) is 17.6. The molecule has 3 amide bonds. The number of rotatable bonds is 6. The molecule has 3 heterocycles. The fourth-order valence-corrected chi connectivity index (χ4v) is 11.5. The fraction of sp³-hybridized carbons (Fsp3) is 0.243. The number of ether oxygens (including phenoxy) is 1. The van der Waals surface area contributed by atoms with Gasteiger partial charge in [-0.15, -0.1) is 11.8 Å². The van der Waals surface area contributed by atoms with Crippen LogP contribution in [0.25, 0.3) is 10.8 Å². The van der Waals surface area contributed by atoms with Crippen molar-refractivity contribution in [2.24, 2.45) is 29.6 Å². The smallest absolute Gasteiger partial charge is 0.305 e. The van der Waals surface area contributed by atoms with E-state index in [1.165, 1.54) is 40.5 Å². The number of hydrogen-bond donors (Lipinski definition) is 2. The molecular weight excluding hydrogens is 650 g/mol. The maximum Gasteiger partial charge on any atom is 0.305 e. The summed E-state index contributed by atoms with van der Waals surface area (Å²) in [7, 11) is 0. The number of imide groups is 1. The molecule has 0 radical (unpaired) electrons. The van der Waals surface area contributed by atoms with E-state index >= 15 is 0 Å². The molecule has 4 aliphatic rings. The second kappa shape index (κ2) is 11.2. The third kappa shape index (κ3) is 4.62. The van der Waals surface area contributed by atoms with E-state index in [9.17, 15) is 23.6 Å². The summed E-state index contributed by atoms with van der Waals surface area (Å²) in [5, 5.41) is 5.86. The summed E-state index contributed by atoms with van der Waals surface area (Å²) in [6.07, 6.45) is 0.757. The zero-order chi connectivity index (χ0) is 32.7. The highest BCUT2D eigenvalue weighted by molar-refractivity contribution is 8.00. The van der Waals surface area contributed by atoms with Gasteiger partial charge in [0, 0.05) is 21.7 Å².